The molecule has 0 spiro atoms. The summed E-state index contributed by atoms with van der Waals surface area (Å²) in [7, 11) is 3.06. The maximum absolute atomic E-state index is 13.6. The Balaban J connectivity index is 1.85. The van der Waals surface area contributed by atoms with Crippen LogP contribution >= 0.6 is 0 Å². The standard InChI is InChI=1S/C32H41N7O8/c1-17-10-21(13-27(46-4)18(17)2)29-23(16-38-47-29)19-7-8-26(45-3)25(12-19)39-30(43)20(6-5-9-36-32(34)35)11-22(40)15-37-31(44)24(33)14-28(41)42/h7-8,10,12-13,16,20,24H,5-6,9,11,14-15,33H2,1-4H3,(H,37,44)(H,39,43)(H,41,42)(H4,34,35,36). The Hall–Kier alpha value is -5.44. The van der Waals surface area contributed by atoms with Gasteiger partial charge in [-0.25, -0.2) is 0 Å². The molecular weight excluding hydrogens is 610 g/mol. The van der Waals surface area contributed by atoms with Crippen molar-refractivity contribution in [1.29, 1.82) is 0 Å². The highest BCUT2D eigenvalue weighted by Crippen LogP contribution is 2.38. The molecule has 3 aromatic rings. The first-order valence-electron chi connectivity index (χ1n) is 14.8. The van der Waals surface area contributed by atoms with Gasteiger partial charge in [-0.1, -0.05) is 11.2 Å². The van der Waals surface area contributed by atoms with Crippen LogP contribution in [0.15, 0.2) is 46.0 Å². The van der Waals surface area contributed by atoms with Crippen molar-refractivity contribution in [3.8, 4) is 33.9 Å². The molecule has 1 aromatic heterocycles. The number of hydrogen-bond donors (Lipinski definition) is 6. The number of amides is 2. The molecule has 0 saturated heterocycles. The third-order valence-electron chi connectivity index (χ3n) is 7.48. The molecule has 2 aromatic carbocycles. The monoisotopic (exact) mass is 651 g/mol. The van der Waals surface area contributed by atoms with Crippen LogP contribution in [0.1, 0.15) is 36.8 Å². The van der Waals surface area contributed by atoms with Gasteiger partial charge in [-0.05, 0) is 67.6 Å². The van der Waals surface area contributed by atoms with Crippen LogP contribution in [0, 0.1) is 19.8 Å². The van der Waals surface area contributed by atoms with Crippen molar-refractivity contribution >= 4 is 35.2 Å². The third kappa shape index (κ3) is 10.0. The molecule has 9 N–H and O–H groups in total. The molecular formula is C32H41N7O8. The van der Waals surface area contributed by atoms with Gasteiger partial charge in [0.2, 0.25) is 11.8 Å². The van der Waals surface area contributed by atoms with Crippen LogP contribution in [-0.2, 0) is 19.2 Å². The molecule has 2 unspecified atom stereocenters. The normalized spacial score (nSPS) is 12.0. The molecule has 2 atom stereocenters. The summed E-state index contributed by atoms with van der Waals surface area (Å²) in [4.78, 5) is 53.3. The number of carbonyl (C=O) groups is 4. The van der Waals surface area contributed by atoms with Gasteiger partial charge in [0.05, 0.1) is 45.1 Å². The van der Waals surface area contributed by atoms with Gasteiger partial charge >= 0.3 is 5.97 Å². The van der Waals surface area contributed by atoms with Crippen molar-refractivity contribution in [1.82, 2.24) is 10.5 Å². The fourth-order valence-corrected chi connectivity index (χ4v) is 4.85. The van der Waals surface area contributed by atoms with Gasteiger partial charge in [0.25, 0.3) is 0 Å². The summed E-state index contributed by atoms with van der Waals surface area (Å²) in [5, 5.41) is 18.1. The predicted molar refractivity (Wildman–Crippen MR) is 175 cm³/mol. The van der Waals surface area contributed by atoms with Gasteiger partial charge < -0.3 is 46.9 Å². The number of guanidine groups is 1. The van der Waals surface area contributed by atoms with E-state index in [9.17, 15) is 19.2 Å². The summed E-state index contributed by atoms with van der Waals surface area (Å²) in [5.41, 5.74) is 20.8. The summed E-state index contributed by atoms with van der Waals surface area (Å²) in [6, 6.07) is 7.73. The number of carboxylic acid groups (broad SMARTS) is 1. The van der Waals surface area contributed by atoms with Crippen molar-refractivity contribution < 1.29 is 38.3 Å². The first-order chi connectivity index (χ1) is 22.3. The summed E-state index contributed by atoms with van der Waals surface area (Å²) in [5.74, 6) is -2.32. The molecule has 0 bridgehead atoms. The summed E-state index contributed by atoms with van der Waals surface area (Å²) in [6.45, 7) is 3.74. The van der Waals surface area contributed by atoms with Crippen molar-refractivity contribution in [2.75, 3.05) is 32.6 Å². The van der Waals surface area contributed by atoms with Crippen LogP contribution in [0.3, 0.4) is 0 Å². The second kappa shape index (κ2) is 16.7. The van der Waals surface area contributed by atoms with E-state index in [0.29, 0.717) is 40.5 Å². The molecule has 0 radical (unpaired) electrons. The van der Waals surface area contributed by atoms with Crippen molar-refractivity contribution in [2.24, 2.45) is 28.1 Å². The second-order valence-electron chi connectivity index (χ2n) is 10.9. The van der Waals surface area contributed by atoms with Gasteiger partial charge in [-0.3, -0.25) is 24.2 Å². The van der Waals surface area contributed by atoms with Crippen molar-refractivity contribution in [2.45, 2.75) is 45.6 Å². The van der Waals surface area contributed by atoms with E-state index in [2.05, 4.69) is 20.8 Å². The molecule has 1 heterocycles. The Kier molecular flexibility index (Phi) is 12.8. The van der Waals surface area contributed by atoms with E-state index in [1.807, 2.05) is 26.0 Å². The molecule has 252 valence electrons. The van der Waals surface area contributed by atoms with Gasteiger partial charge in [0.1, 0.15) is 11.5 Å². The quantitative estimate of drug-likeness (QED) is 0.0698. The van der Waals surface area contributed by atoms with E-state index in [0.717, 1.165) is 16.7 Å². The molecule has 47 heavy (non-hydrogen) atoms. The fraction of sp³-hybridized carbons (Fsp3) is 0.375. The van der Waals surface area contributed by atoms with Gasteiger partial charge in [-0.2, -0.15) is 0 Å². The maximum Gasteiger partial charge on any atom is 0.305 e. The number of nitrogens with zero attached hydrogens (tertiary/aromatic N) is 2. The zero-order chi connectivity index (χ0) is 34.7. The lowest BCUT2D eigenvalue weighted by molar-refractivity contribution is -0.139. The molecule has 2 amide bonds. The maximum atomic E-state index is 13.6. The number of anilines is 1. The smallest absolute Gasteiger partial charge is 0.305 e. The number of hydrogen-bond acceptors (Lipinski definition) is 10. The van der Waals surface area contributed by atoms with Gasteiger partial charge in [0.15, 0.2) is 17.5 Å². The van der Waals surface area contributed by atoms with E-state index in [-0.39, 0.29) is 25.3 Å². The highest BCUT2D eigenvalue weighted by Gasteiger charge is 2.25. The number of nitrogens with two attached hydrogens (primary N) is 3. The minimum Gasteiger partial charge on any atom is -0.496 e. The molecule has 0 fully saturated rings. The number of methoxy groups -OCH3 is 2. The summed E-state index contributed by atoms with van der Waals surface area (Å²) < 4.78 is 16.7. The van der Waals surface area contributed by atoms with Crippen molar-refractivity contribution in [3.63, 3.8) is 0 Å². The lowest BCUT2D eigenvalue weighted by Crippen LogP contribution is -2.44. The molecule has 0 aliphatic carbocycles. The van der Waals surface area contributed by atoms with Crippen LogP contribution in [0.4, 0.5) is 5.69 Å². The van der Waals surface area contributed by atoms with E-state index in [4.69, 9.17) is 36.3 Å². The Morgan fingerprint density at radius 3 is 2.38 bits per heavy atom. The lowest BCUT2D eigenvalue weighted by atomic mass is 9.95. The number of nitrogens with one attached hydrogen (secondary N) is 2. The van der Waals surface area contributed by atoms with Crippen LogP contribution in [0.2, 0.25) is 0 Å². The molecule has 0 aliphatic rings. The fourth-order valence-electron chi connectivity index (χ4n) is 4.85. The zero-order valence-corrected chi connectivity index (χ0v) is 26.8. The van der Waals surface area contributed by atoms with E-state index < -0.39 is 48.5 Å². The number of aromatic nitrogens is 1. The Morgan fingerprint density at radius 1 is 1.00 bits per heavy atom. The zero-order valence-electron chi connectivity index (χ0n) is 26.8. The number of aliphatic imine (C=N–C) groups is 1. The Morgan fingerprint density at radius 2 is 1.72 bits per heavy atom. The number of rotatable bonds is 17. The largest absolute Gasteiger partial charge is 0.496 e. The first kappa shape index (κ1) is 36.0. The average Bonchev–Trinajstić information content (AvgIpc) is 3.52. The van der Waals surface area contributed by atoms with Crippen LogP contribution in [0.25, 0.3) is 22.5 Å². The number of ketones is 1. The van der Waals surface area contributed by atoms with Crippen LogP contribution < -0.4 is 37.3 Å². The second-order valence-corrected chi connectivity index (χ2v) is 10.9. The number of aliphatic carboxylic acids is 1. The highest BCUT2D eigenvalue weighted by molar-refractivity contribution is 5.98. The Labute approximate surface area is 271 Å². The van der Waals surface area contributed by atoms with E-state index >= 15 is 0 Å². The highest BCUT2D eigenvalue weighted by atomic mass is 16.5. The topological polar surface area (TPSA) is 247 Å². The van der Waals surface area contributed by atoms with E-state index in [1.54, 1.807) is 31.5 Å². The molecule has 3 rings (SSSR count). The molecule has 0 saturated carbocycles. The van der Waals surface area contributed by atoms with Crippen molar-refractivity contribution in [3.05, 3.63) is 47.7 Å². The number of carbonyl (C=O) groups excluding carboxylic acids is 3. The molecule has 15 heteroatoms. The molecule has 15 nitrogen and oxygen atoms in total. The number of aryl methyl sites for hydroxylation is 1. The number of benzene rings is 2. The third-order valence-corrected chi connectivity index (χ3v) is 7.48. The molecule has 0 aliphatic heterocycles. The van der Waals surface area contributed by atoms with Gasteiger partial charge in [-0.15, -0.1) is 0 Å². The number of Topliss-reactive ketones (excluding diaryl/α,β-unsaturated/α-hetero) is 1. The summed E-state index contributed by atoms with van der Waals surface area (Å²) in [6.07, 6.45) is 1.39. The van der Waals surface area contributed by atoms with E-state index in [1.165, 1.54) is 7.11 Å². The average molecular weight is 652 g/mol. The van der Waals surface area contributed by atoms with Crippen LogP contribution in [-0.4, -0.2) is 73.1 Å². The van der Waals surface area contributed by atoms with Crippen LogP contribution in [0.5, 0.6) is 11.5 Å². The first-order valence-corrected chi connectivity index (χ1v) is 14.8. The SMILES string of the molecule is COc1ccc(-c2cnoc2-c2cc(C)c(C)c(OC)c2)cc1NC(=O)C(CCCN=C(N)N)CC(=O)CNC(=O)C(N)CC(=O)O. The minimum atomic E-state index is -1.32. The number of carboxylic acids is 1. The summed E-state index contributed by atoms with van der Waals surface area (Å²) >= 11 is 0. The Bertz CT molecular complexity index is 1630. The number of ether oxygens (including phenoxy) is 2. The minimum absolute atomic E-state index is 0.101. The van der Waals surface area contributed by atoms with Gasteiger partial charge in [0, 0.05) is 30.0 Å². The lowest BCUT2D eigenvalue weighted by Gasteiger charge is -2.18. The predicted octanol–water partition coefficient (Wildman–Crippen LogP) is 2.13.